The van der Waals surface area contributed by atoms with E-state index in [1.54, 1.807) is 6.92 Å². The predicted octanol–water partition coefficient (Wildman–Crippen LogP) is 4.20. The molecule has 5 nitrogen and oxygen atoms in total. The summed E-state index contributed by atoms with van der Waals surface area (Å²) in [6.45, 7) is 4.25. The fourth-order valence-electron chi connectivity index (χ4n) is 2.68. The van der Waals surface area contributed by atoms with Crippen LogP contribution in [0.4, 0.5) is 4.79 Å². The molecule has 0 spiro atoms. The molecule has 0 bridgehead atoms. The van der Waals surface area contributed by atoms with E-state index in [-0.39, 0.29) is 6.03 Å². The Morgan fingerprint density at radius 3 is 2.71 bits per heavy atom. The van der Waals surface area contributed by atoms with Crippen molar-refractivity contribution in [3.05, 3.63) is 45.6 Å². The summed E-state index contributed by atoms with van der Waals surface area (Å²) in [6.07, 6.45) is 4.17. The number of amides is 2. The third-order valence-corrected chi connectivity index (χ3v) is 4.66. The van der Waals surface area contributed by atoms with Crippen LogP contribution in [0.3, 0.4) is 0 Å². The van der Waals surface area contributed by atoms with Gasteiger partial charge in [-0.2, -0.15) is 0 Å². The molecule has 0 radical (unpaired) electrons. The molecule has 0 saturated carbocycles. The van der Waals surface area contributed by atoms with Gasteiger partial charge in [0.15, 0.2) is 0 Å². The minimum atomic E-state index is -0.530. The van der Waals surface area contributed by atoms with Gasteiger partial charge >= 0.3 is 12.0 Å². The van der Waals surface area contributed by atoms with Crippen LogP contribution in [-0.4, -0.2) is 18.6 Å². The SMILES string of the molecule is CCCCCCOC(=O)C1=C(C)NC(=O)NC1c1ccccc1Br. The lowest BCUT2D eigenvalue weighted by Crippen LogP contribution is -2.45. The Hall–Kier alpha value is -1.82. The van der Waals surface area contributed by atoms with Gasteiger partial charge in [0.1, 0.15) is 0 Å². The zero-order valence-corrected chi connectivity index (χ0v) is 15.6. The molecule has 2 rings (SSSR count). The molecule has 1 aromatic carbocycles. The first kappa shape index (κ1) is 18.5. The number of esters is 1. The first-order valence-electron chi connectivity index (χ1n) is 8.24. The van der Waals surface area contributed by atoms with Crippen molar-refractivity contribution in [1.29, 1.82) is 0 Å². The van der Waals surface area contributed by atoms with Gasteiger partial charge in [0.25, 0.3) is 0 Å². The maximum atomic E-state index is 12.6. The minimum absolute atomic E-state index is 0.326. The molecule has 0 aliphatic carbocycles. The number of urea groups is 1. The summed E-state index contributed by atoms with van der Waals surface area (Å²) in [6, 6.07) is 6.66. The van der Waals surface area contributed by atoms with E-state index >= 15 is 0 Å². The Morgan fingerprint density at radius 2 is 2.00 bits per heavy atom. The van der Waals surface area contributed by atoms with Crippen molar-refractivity contribution >= 4 is 27.9 Å². The Balaban J connectivity index is 2.17. The molecule has 1 aromatic rings. The maximum Gasteiger partial charge on any atom is 0.338 e. The van der Waals surface area contributed by atoms with Gasteiger partial charge in [0.05, 0.1) is 18.2 Å². The monoisotopic (exact) mass is 394 g/mol. The minimum Gasteiger partial charge on any atom is -0.462 e. The Labute approximate surface area is 151 Å². The van der Waals surface area contributed by atoms with Crippen LogP contribution >= 0.6 is 15.9 Å². The van der Waals surface area contributed by atoms with Crippen molar-refractivity contribution < 1.29 is 14.3 Å². The van der Waals surface area contributed by atoms with E-state index < -0.39 is 12.0 Å². The number of carbonyl (C=O) groups excluding carboxylic acids is 2. The van der Waals surface area contributed by atoms with Crippen LogP contribution in [0.1, 0.15) is 51.1 Å². The van der Waals surface area contributed by atoms with Crippen LogP contribution in [0.25, 0.3) is 0 Å². The molecule has 24 heavy (non-hydrogen) atoms. The van der Waals surface area contributed by atoms with Gasteiger partial charge in [-0.1, -0.05) is 60.3 Å². The molecule has 2 N–H and O–H groups in total. The number of unbranched alkanes of at least 4 members (excludes halogenated alkanes) is 3. The standard InChI is InChI=1S/C18H23BrN2O3/c1-3-4-5-8-11-24-17(22)15-12(2)20-18(23)21-16(15)13-9-6-7-10-14(13)19/h6-7,9-10,16H,3-5,8,11H2,1-2H3,(H2,20,21,23). The van der Waals surface area contributed by atoms with E-state index in [2.05, 4.69) is 33.5 Å². The molecule has 0 fully saturated rings. The lowest BCUT2D eigenvalue weighted by molar-refractivity contribution is -0.139. The fourth-order valence-corrected chi connectivity index (χ4v) is 3.19. The predicted molar refractivity (Wildman–Crippen MR) is 96.4 cm³/mol. The highest BCUT2D eigenvalue weighted by Gasteiger charge is 2.33. The van der Waals surface area contributed by atoms with Crippen LogP contribution in [0.15, 0.2) is 40.0 Å². The van der Waals surface area contributed by atoms with Crippen molar-refractivity contribution in [1.82, 2.24) is 10.6 Å². The van der Waals surface area contributed by atoms with E-state index in [9.17, 15) is 9.59 Å². The molecule has 6 heteroatoms. The van der Waals surface area contributed by atoms with Crippen molar-refractivity contribution in [2.45, 2.75) is 45.6 Å². The number of benzene rings is 1. The number of hydrogen-bond donors (Lipinski definition) is 2. The second kappa shape index (κ2) is 8.87. The van der Waals surface area contributed by atoms with Crippen molar-refractivity contribution in [2.24, 2.45) is 0 Å². The quantitative estimate of drug-likeness (QED) is 0.537. The van der Waals surface area contributed by atoms with Crippen molar-refractivity contribution in [3.8, 4) is 0 Å². The van der Waals surface area contributed by atoms with Crippen LogP contribution < -0.4 is 10.6 Å². The largest absolute Gasteiger partial charge is 0.462 e. The average molecular weight is 395 g/mol. The summed E-state index contributed by atoms with van der Waals surface area (Å²) < 4.78 is 6.25. The molecule has 1 unspecified atom stereocenters. The maximum absolute atomic E-state index is 12.6. The topological polar surface area (TPSA) is 67.4 Å². The summed E-state index contributed by atoms with van der Waals surface area (Å²) in [5.41, 5.74) is 1.79. The number of hydrogen-bond acceptors (Lipinski definition) is 3. The highest BCUT2D eigenvalue weighted by Crippen LogP contribution is 2.32. The lowest BCUT2D eigenvalue weighted by Gasteiger charge is -2.28. The number of carbonyl (C=O) groups is 2. The van der Waals surface area contributed by atoms with Gasteiger partial charge < -0.3 is 15.4 Å². The number of allylic oxidation sites excluding steroid dienone is 1. The van der Waals surface area contributed by atoms with Gasteiger partial charge in [0.2, 0.25) is 0 Å². The number of halogens is 1. The second-order valence-corrected chi connectivity index (χ2v) is 6.64. The first-order valence-corrected chi connectivity index (χ1v) is 9.03. The van der Waals surface area contributed by atoms with Gasteiger partial charge in [-0.25, -0.2) is 9.59 Å². The van der Waals surface area contributed by atoms with E-state index in [1.165, 1.54) is 0 Å². The van der Waals surface area contributed by atoms with E-state index in [0.29, 0.717) is 17.9 Å². The number of nitrogens with one attached hydrogen (secondary N) is 2. The van der Waals surface area contributed by atoms with Crippen LogP contribution in [0.2, 0.25) is 0 Å². The average Bonchev–Trinajstić information content (AvgIpc) is 2.54. The zero-order chi connectivity index (χ0) is 17.5. The third kappa shape index (κ3) is 4.60. The van der Waals surface area contributed by atoms with Crippen LogP contribution in [-0.2, 0) is 9.53 Å². The third-order valence-electron chi connectivity index (χ3n) is 3.94. The first-order chi connectivity index (χ1) is 11.5. The molecule has 130 valence electrons. The fraction of sp³-hybridized carbons (Fsp3) is 0.444. The van der Waals surface area contributed by atoms with Gasteiger partial charge in [-0.05, 0) is 25.0 Å². The van der Waals surface area contributed by atoms with E-state index in [0.717, 1.165) is 35.7 Å². The molecule has 1 aliphatic rings. The van der Waals surface area contributed by atoms with E-state index in [4.69, 9.17) is 4.74 Å². The smallest absolute Gasteiger partial charge is 0.338 e. The highest BCUT2D eigenvalue weighted by molar-refractivity contribution is 9.10. The zero-order valence-electron chi connectivity index (χ0n) is 14.0. The molecule has 0 saturated heterocycles. The van der Waals surface area contributed by atoms with Gasteiger partial charge in [-0.15, -0.1) is 0 Å². The summed E-state index contributed by atoms with van der Waals surface area (Å²) in [5.74, 6) is -0.391. The summed E-state index contributed by atoms with van der Waals surface area (Å²) >= 11 is 3.48. The van der Waals surface area contributed by atoms with Crippen LogP contribution in [0.5, 0.6) is 0 Å². The molecule has 2 amide bonds. The molecular formula is C18H23BrN2O3. The molecular weight excluding hydrogens is 372 g/mol. The van der Waals surface area contributed by atoms with Crippen LogP contribution in [0, 0.1) is 0 Å². The summed E-state index contributed by atoms with van der Waals surface area (Å²) in [5, 5.41) is 5.46. The molecule has 1 atom stereocenters. The molecule has 1 aliphatic heterocycles. The Bertz CT molecular complexity index is 643. The van der Waals surface area contributed by atoms with Gasteiger partial charge in [0, 0.05) is 10.2 Å². The Kier molecular flexibility index (Phi) is 6.85. The van der Waals surface area contributed by atoms with E-state index in [1.807, 2.05) is 24.3 Å². The van der Waals surface area contributed by atoms with Gasteiger partial charge in [-0.3, -0.25) is 0 Å². The summed E-state index contributed by atoms with van der Waals surface area (Å²) in [7, 11) is 0. The van der Waals surface area contributed by atoms with Crippen molar-refractivity contribution in [3.63, 3.8) is 0 Å². The number of ether oxygens (including phenoxy) is 1. The van der Waals surface area contributed by atoms with Crippen molar-refractivity contribution in [2.75, 3.05) is 6.61 Å². The molecule has 1 heterocycles. The lowest BCUT2D eigenvalue weighted by atomic mass is 9.95. The highest BCUT2D eigenvalue weighted by atomic mass is 79.9. The second-order valence-electron chi connectivity index (χ2n) is 5.79. The normalized spacial score (nSPS) is 17.3. The number of rotatable bonds is 7. The molecule has 0 aromatic heterocycles. The summed E-state index contributed by atoms with van der Waals surface area (Å²) in [4.78, 5) is 24.4. The Morgan fingerprint density at radius 1 is 1.25 bits per heavy atom.